The number of hydrogen-bond donors (Lipinski definition) is 1. The summed E-state index contributed by atoms with van der Waals surface area (Å²) in [5.41, 5.74) is 4.13. The van der Waals surface area contributed by atoms with E-state index in [1.165, 1.54) is 16.0 Å². The van der Waals surface area contributed by atoms with Gasteiger partial charge in [-0.25, -0.2) is 0 Å². The van der Waals surface area contributed by atoms with Crippen LogP contribution in [0.4, 0.5) is 5.69 Å². The predicted molar refractivity (Wildman–Crippen MR) is 114 cm³/mol. The van der Waals surface area contributed by atoms with Crippen LogP contribution in [0.1, 0.15) is 28.8 Å². The number of hydrogen-bond acceptors (Lipinski definition) is 3. The lowest BCUT2D eigenvalue weighted by Crippen LogP contribution is -2.46. The van der Waals surface area contributed by atoms with Crippen molar-refractivity contribution in [2.24, 2.45) is 0 Å². The lowest BCUT2D eigenvalue weighted by Gasteiger charge is -2.34. The highest BCUT2D eigenvalue weighted by atomic mass is 32.1. The number of aryl methyl sites for hydroxylation is 1. The molecule has 1 aliphatic heterocycles. The quantitative estimate of drug-likeness (QED) is 0.685. The molecule has 0 aliphatic carbocycles. The van der Waals surface area contributed by atoms with Crippen molar-refractivity contribution in [1.29, 1.82) is 0 Å². The van der Waals surface area contributed by atoms with Crippen molar-refractivity contribution >= 4 is 22.9 Å². The summed E-state index contributed by atoms with van der Waals surface area (Å²) in [4.78, 5) is 16.6. The molecule has 0 atom stereocenters. The average molecular weight is 377 g/mol. The van der Waals surface area contributed by atoms with Crippen LogP contribution in [-0.2, 0) is 0 Å². The largest absolute Gasteiger partial charge is 0.317 e. The first-order chi connectivity index (χ1) is 13.2. The monoisotopic (exact) mass is 376 g/mol. The Hall–Kier alpha value is -2.43. The summed E-state index contributed by atoms with van der Waals surface area (Å²) in [5.74, 6) is 0.0966. The molecule has 0 bridgehead atoms. The molecular weight excluding hydrogens is 352 g/mol. The van der Waals surface area contributed by atoms with Crippen LogP contribution in [-0.4, -0.2) is 25.0 Å². The molecule has 0 saturated carbocycles. The minimum absolute atomic E-state index is 0.0966. The summed E-state index contributed by atoms with van der Waals surface area (Å²) in [5, 5.41) is 5.52. The molecule has 3 nitrogen and oxygen atoms in total. The summed E-state index contributed by atoms with van der Waals surface area (Å²) < 4.78 is 0. The molecule has 1 amide bonds. The zero-order valence-electron chi connectivity index (χ0n) is 15.5. The van der Waals surface area contributed by atoms with Gasteiger partial charge in [0.1, 0.15) is 0 Å². The molecular formula is C23H24N2OS. The van der Waals surface area contributed by atoms with Crippen molar-refractivity contribution in [2.45, 2.75) is 25.8 Å². The number of anilines is 1. The van der Waals surface area contributed by atoms with E-state index in [1.807, 2.05) is 42.2 Å². The van der Waals surface area contributed by atoms with Crippen molar-refractivity contribution < 1.29 is 4.79 Å². The molecule has 4 heteroatoms. The number of piperidine rings is 1. The van der Waals surface area contributed by atoms with Gasteiger partial charge in [0.05, 0.1) is 5.69 Å². The van der Waals surface area contributed by atoms with Crippen LogP contribution in [0.3, 0.4) is 0 Å². The Balaban J connectivity index is 1.69. The molecule has 1 fully saturated rings. The second-order valence-corrected chi connectivity index (χ2v) is 7.97. The van der Waals surface area contributed by atoms with E-state index in [2.05, 4.69) is 41.0 Å². The van der Waals surface area contributed by atoms with Gasteiger partial charge in [-0.05, 0) is 56.6 Å². The van der Waals surface area contributed by atoms with E-state index in [4.69, 9.17) is 0 Å². The Morgan fingerprint density at radius 1 is 1.04 bits per heavy atom. The number of rotatable bonds is 4. The van der Waals surface area contributed by atoms with E-state index in [0.29, 0.717) is 0 Å². The van der Waals surface area contributed by atoms with Crippen molar-refractivity contribution in [3.63, 3.8) is 0 Å². The van der Waals surface area contributed by atoms with E-state index >= 15 is 0 Å². The highest BCUT2D eigenvalue weighted by Crippen LogP contribution is 2.34. The number of nitrogens with zero attached hydrogens (tertiary/aromatic N) is 1. The number of carbonyl (C=O) groups is 1. The van der Waals surface area contributed by atoms with E-state index < -0.39 is 0 Å². The Labute approximate surface area is 164 Å². The first-order valence-corrected chi connectivity index (χ1v) is 10.4. The average Bonchev–Trinajstić information content (AvgIpc) is 3.20. The van der Waals surface area contributed by atoms with Crippen LogP contribution in [0.25, 0.3) is 10.4 Å². The molecule has 1 N–H and O–H groups in total. The molecule has 0 unspecified atom stereocenters. The van der Waals surface area contributed by atoms with Crippen molar-refractivity contribution in [2.75, 3.05) is 18.0 Å². The summed E-state index contributed by atoms with van der Waals surface area (Å²) >= 11 is 1.70. The molecule has 0 spiro atoms. The van der Waals surface area contributed by atoms with Gasteiger partial charge in [-0.15, -0.1) is 11.3 Å². The number of benzene rings is 2. The number of amides is 1. The van der Waals surface area contributed by atoms with Crippen molar-refractivity contribution in [3.8, 4) is 10.4 Å². The zero-order valence-corrected chi connectivity index (χ0v) is 16.3. The molecule has 3 aromatic rings. The van der Waals surface area contributed by atoms with Crippen LogP contribution in [0, 0.1) is 6.92 Å². The second-order valence-electron chi connectivity index (χ2n) is 7.06. The molecule has 138 valence electrons. The maximum atomic E-state index is 13.4. The lowest BCUT2D eigenvalue weighted by atomic mass is 10.0. The Bertz CT molecular complexity index is 896. The van der Waals surface area contributed by atoms with Gasteiger partial charge in [0, 0.05) is 21.9 Å². The zero-order chi connectivity index (χ0) is 18.6. The third-order valence-corrected chi connectivity index (χ3v) is 6.08. The fraction of sp³-hybridized carbons (Fsp3) is 0.261. The fourth-order valence-electron chi connectivity index (χ4n) is 3.60. The smallest absolute Gasteiger partial charge is 0.258 e. The van der Waals surface area contributed by atoms with E-state index in [-0.39, 0.29) is 11.9 Å². The van der Waals surface area contributed by atoms with Gasteiger partial charge in [0.2, 0.25) is 0 Å². The minimum atomic E-state index is 0.0966. The molecule has 1 saturated heterocycles. The Morgan fingerprint density at radius 3 is 2.44 bits per heavy atom. The lowest BCUT2D eigenvalue weighted by molar-refractivity contribution is 0.0972. The van der Waals surface area contributed by atoms with Gasteiger partial charge in [-0.3, -0.25) is 4.79 Å². The van der Waals surface area contributed by atoms with Gasteiger partial charge in [0.25, 0.3) is 5.91 Å². The van der Waals surface area contributed by atoms with Gasteiger partial charge in [-0.1, -0.05) is 48.0 Å². The van der Waals surface area contributed by atoms with Crippen molar-refractivity contribution in [1.82, 2.24) is 5.32 Å². The highest BCUT2D eigenvalue weighted by Gasteiger charge is 2.28. The van der Waals surface area contributed by atoms with Gasteiger partial charge in [-0.2, -0.15) is 0 Å². The molecule has 0 radical (unpaired) electrons. The van der Waals surface area contributed by atoms with Crippen LogP contribution in [0.5, 0.6) is 0 Å². The minimum Gasteiger partial charge on any atom is -0.317 e. The second kappa shape index (κ2) is 8.07. The van der Waals surface area contributed by atoms with E-state index in [9.17, 15) is 4.79 Å². The highest BCUT2D eigenvalue weighted by molar-refractivity contribution is 7.14. The standard InChI is InChI=1S/C23H24N2OS/c1-17-7-9-19(10-8-17)23(26)25(20-11-13-24-14-12-20)21-15-22(27-16-21)18-5-3-2-4-6-18/h2-10,15-16,20,24H,11-14H2,1H3. The van der Waals surface area contributed by atoms with Gasteiger partial charge in [0.15, 0.2) is 0 Å². The molecule has 2 aromatic carbocycles. The van der Waals surface area contributed by atoms with Crippen LogP contribution in [0.2, 0.25) is 0 Å². The summed E-state index contributed by atoms with van der Waals surface area (Å²) in [6.45, 7) is 3.96. The predicted octanol–water partition coefficient (Wildman–Crippen LogP) is 5.12. The van der Waals surface area contributed by atoms with Crippen molar-refractivity contribution in [3.05, 3.63) is 77.2 Å². The maximum absolute atomic E-state index is 13.4. The van der Waals surface area contributed by atoms with Crippen LogP contribution >= 0.6 is 11.3 Å². The van der Waals surface area contributed by atoms with Gasteiger partial charge < -0.3 is 10.2 Å². The van der Waals surface area contributed by atoms with Gasteiger partial charge >= 0.3 is 0 Å². The topological polar surface area (TPSA) is 32.3 Å². The number of nitrogens with one attached hydrogen (secondary N) is 1. The van der Waals surface area contributed by atoms with Crippen LogP contribution in [0.15, 0.2) is 66.0 Å². The first-order valence-electron chi connectivity index (χ1n) is 9.47. The fourth-order valence-corrected chi connectivity index (χ4v) is 4.49. The first kappa shape index (κ1) is 18.0. The van der Waals surface area contributed by atoms with E-state index in [0.717, 1.165) is 37.2 Å². The normalized spacial score (nSPS) is 14.9. The van der Waals surface area contributed by atoms with Crippen LogP contribution < -0.4 is 10.2 Å². The third kappa shape index (κ3) is 3.97. The number of carbonyl (C=O) groups excluding carboxylic acids is 1. The molecule has 4 rings (SSSR count). The SMILES string of the molecule is Cc1ccc(C(=O)N(c2csc(-c3ccccc3)c2)C2CCNCC2)cc1. The summed E-state index contributed by atoms with van der Waals surface area (Å²) in [6, 6.07) is 20.7. The summed E-state index contributed by atoms with van der Waals surface area (Å²) in [7, 11) is 0. The third-order valence-electron chi connectivity index (χ3n) is 5.11. The molecule has 2 heterocycles. The number of thiophene rings is 1. The Kier molecular flexibility index (Phi) is 5.37. The van der Waals surface area contributed by atoms with E-state index in [1.54, 1.807) is 11.3 Å². The summed E-state index contributed by atoms with van der Waals surface area (Å²) in [6.07, 6.45) is 1.96. The molecule has 1 aromatic heterocycles. The Morgan fingerprint density at radius 2 is 1.74 bits per heavy atom. The maximum Gasteiger partial charge on any atom is 0.258 e. The molecule has 27 heavy (non-hydrogen) atoms. The molecule has 1 aliphatic rings.